The zero-order valence-corrected chi connectivity index (χ0v) is 14.1. The number of benzene rings is 1. The van der Waals surface area contributed by atoms with E-state index in [-0.39, 0.29) is 12.5 Å². The molecule has 0 aromatic heterocycles. The Morgan fingerprint density at radius 1 is 1.50 bits per heavy atom. The molecule has 0 saturated carbocycles. The van der Waals surface area contributed by atoms with Gasteiger partial charge in [-0.05, 0) is 31.3 Å². The van der Waals surface area contributed by atoms with Crippen LogP contribution in [0.15, 0.2) is 41.0 Å². The first-order chi connectivity index (χ1) is 11.4. The lowest BCUT2D eigenvalue weighted by atomic mass is 10.1. The number of carbonyl (C=O) groups excluding carboxylic acids is 1. The van der Waals surface area contributed by atoms with Crippen molar-refractivity contribution in [2.45, 2.75) is 6.92 Å². The molecule has 0 aliphatic carbocycles. The van der Waals surface area contributed by atoms with Gasteiger partial charge in [0.1, 0.15) is 36.4 Å². The lowest BCUT2D eigenvalue weighted by molar-refractivity contribution is -0.116. The standard InChI is InChI=1S/C17H21FN4O2/c1-5-22-8-9-24-15-7-6-13(18)10-14(15)17(22)19-11-16(23)20-12(2)21(3)4/h5-7,10H,1,8-9,11H2,2-4H3/b19-17-,20-12+. The number of halogens is 1. The summed E-state index contributed by atoms with van der Waals surface area (Å²) in [5.74, 6) is 0.795. The Bertz CT molecular complexity index is 698. The van der Waals surface area contributed by atoms with Gasteiger partial charge in [0.25, 0.3) is 5.91 Å². The second-order valence-electron chi connectivity index (χ2n) is 5.45. The second kappa shape index (κ2) is 7.72. The van der Waals surface area contributed by atoms with Gasteiger partial charge in [-0.2, -0.15) is 4.99 Å². The van der Waals surface area contributed by atoms with E-state index in [1.54, 1.807) is 43.1 Å². The van der Waals surface area contributed by atoms with E-state index >= 15 is 0 Å². The highest BCUT2D eigenvalue weighted by molar-refractivity contribution is 6.03. The van der Waals surface area contributed by atoms with E-state index in [2.05, 4.69) is 16.6 Å². The summed E-state index contributed by atoms with van der Waals surface area (Å²) in [7, 11) is 3.61. The normalized spacial score (nSPS) is 16.2. The van der Waals surface area contributed by atoms with E-state index in [1.807, 2.05) is 0 Å². The molecule has 1 aliphatic heterocycles. The summed E-state index contributed by atoms with van der Waals surface area (Å²) >= 11 is 0. The number of hydrogen-bond acceptors (Lipinski definition) is 3. The van der Waals surface area contributed by atoms with Crippen LogP contribution in [0.5, 0.6) is 5.75 Å². The molecule has 24 heavy (non-hydrogen) atoms. The lowest BCUT2D eigenvalue weighted by Crippen LogP contribution is -2.28. The van der Waals surface area contributed by atoms with Gasteiger partial charge >= 0.3 is 0 Å². The highest BCUT2D eigenvalue weighted by Gasteiger charge is 2.21. The zero-order valence-electron chi connectivity index (χ0n) is 14.1. The van der Waals surface area contributed by atoms with Crippen molar-refractivity contribution in [1.29, 1.82) is 0 Å². The van der Waals surface area contributed by atoms with Crippen LogP contribution >= 0.6 is 0 Å². The van der Waals surface area contributed by atoms with Crippen molar-refractivity contribution < 1.29 is 13.9 Å². The van der Waals surface area contributed by atoms with Gasteiger partial charge in [-0.1, -0.05) is 6.58 Å². The SMILES string of the molecule is C=CN1CCOc2ccc(F)cc2/C1=N/CC(=O)/N=C(\C)N(C)C. The number of aliphatic imine (C=N–C) groups is 2. The third-order valence-electron chi connectivity index (χ3n) is 3.56. The molecule has 0 N–H and O–H groups in total. The third-order valence-corrected chi connectivity index (χ3v) is 3.56. The van der Waals surface area contributed by atoms with Crippen molar-refractivity contribution >= 4 is 17.6 Å². The van der Waals surface area contributed by atoms with Crippen molar-refractivity contribution in [3.05, 3.63) is 42.4 Å². The number of amidine groups is 2. The summed E-state index contributed by atoms with van der Waals surface area (Å²) in [5.41, 5.74) is 0.494. The summed E-state index contributed by atoms with van der Waals surface area (Å²) < 4.78 is 19.3. The fourth-order valence-electron chi connectivity index (χ4n) is 2.13. The molecule has 0 fully saturated rings. The Hall–Kier alpha value is -2.70. The molecular formula is C17H21FN4O2. The van der Waals surface area contributed by atoms with Gasteiger partial charge < -0.3 is 14.5 Å². The quantitative estimate of drug-likeness (QED) is 0.627. The molecule has 7 heteroatoms. The highest BCUT2D eigenvalue weighted by Crippen LogP contribution is 2.24. The molecule has 128 valence electrons. The Balaban J connectivity index is 2.34. The van der Waals surface area contributed by atoms with Crippen molar-refractivity contribution in [3.8, 4) is 5.75 Å². The van der Waals surface area contributed by atoms with Crippen molar-refractivity contribution in [3.63, 3.8) is 0 Å². The molecule has 2 rings (SSSR count). The number of rotatable bonds is 3. The number of ether oxygens (including phenoxy) is 1. The molecule has 1 amide bonds. The van der Waals surface area contributed by atoms with Crippen LogP contribution in [-0.2, 0) is 4.79 Å². The van der Waals surface area contributed by atoms with Gasteiger partial charge in [0.05, 0.1) is 12.1 Å². The third kappa shape index (κ3) is 4.18. The lowest BCUT2D eigenvalue weighted by Gasteiger charge is -2.18. The van der Waals surface area contributed by atoms with Crippen LogP contribution < -0.4 is 4.74 Å². The summed E-state index contributed by atoms with van der Waals surface area (Å²) in [6, 6.07) is 4.23. The van der Waals surface area contributed by atoms with Crippen molar-refractivity contribution in [1.82, 2.24) is 9.80 Å². The summed E-state index contributed by atoms with van der Waals surface area (Å²) in [5, 5.41) is 0. The first-order valence-corrected chi connectivity index (χ1v) is 7.54. The number of nitrogens with zero attached hydrogens (tertiary/aromatic N) is 4. The molecule has 0 spiro atoms. The maximum absolute atomic E-state index is 13.6. The zero-order chi connectivity index (χ0) is 17.7. The molecule has 1 aliphatic rings. The smallest absolute Gasteiger partial charge is 0.269 e. The Kier molecular flexibility index (Phi) is 5.68. The largest absolute Gasteiger partial charge is 0.491 e. The monoisotopic (exact) mass is 332 g/mol. The predicted molar refractivity (Wildman–Crippen MR) is 92.0 cm³/mol. The van der Waals surface area contributed by atoms with Crippen LogP contribution in [0.1, 0.15) is 12.5 Å². The fraction of sp³-hybridized carbons (Fsp3) is 0.353. The van der Waals surface area contributed by atoms with Gasteiger partial charge in [-0.25, -0.2) is 4.39 Å². The molecule has 1 aromatic rings. The molecule has 0 unspecified atom stereocenters. The minimum Gasteiger partial charge on any atom is -0.491 e. The van der Waals surface area contributed by atoms with Crippen LogP contribution in [0.4, 0.5) is 4.39 Å². The Morgan fingerprint density at radius 3 is 2.92 bits per heavy atom. The van der Waals surface area contributed by atoms with E-state index in [0.717, 1.165) is 0 Å². The number of carbonyl (C=O) groups is 1. The van der Waals surface area contributed by atoms with Crippen LogP contribution in [0.25, 0.3) is 0 Å². The molecule has 1 aromatic carbocycles. The molecular weight excluding hydrogens is 311 g/mol. The maximum Gasteiger partial charge on any atom is 0.269 e. The molecule has 0 atom stereocenters. The second-order valence-corrected chi connectivity index (χ2v) is 5.45. The van der Waals surface area contributed by atoms with E-state index in [1.165, 1.54) is 12.1 Å². The highest BCUT2D eigenvalue weighted by atomic mass is 19.1. The fourth-order valence-corrected chi connectivity index (χ4v) is 2.13. The van der Waals surface area contributed by atoms with Crippen molar-refractivity contribution in [2.24, 2.45) is 9.98 Å². The van der Waals surface area contributed by atoms with Gasteiger partial charge in [0.15, 0.2) is 0 Å². The minimum absolute atomic E-state index is 0.138. The number of amides is 1. The van der Waals surface area contributed by atoms with Crippen LogP contribution in [0.2, 0.25) is 0 Å². The van der Waals surface area contributed by atoms with E-state index in [9.17, 15) is 9.18 Å². The van der Waals surface area contributed by atoms with E-state index < -0.39 is 5.82 Å². The maximum atomic E-state index is 13.6. The average Bonchev–Trinajstić information content (AvgIpc) is 2.71. The van der Waals surface area contributed by atoms with E-state index in [0.29, 0.717) is 36.1 Å². The first-order valence-electron chi connectivity index (χ1n) is 7.54. The molecule has 0 radical (unpaired) electrons. The Morgan fingerprint density at radius 2 is 2.25 bits per heavy atom. The molecule has 0 saturated heterocycles. The average molecular weight is 332 g/mol. The Labute approximate surface area is 141 Å². The van der Waals surface area contributed by atoms with Crippen LogP contribution in [0, 0.1) is 5.82 Å². The number of hydrogen-bond donors (Lipinski definition) is 0. The first kappa shape index (κ1) is 17.7. The van der Waals surface area contributed by atoms with Crippen molar-refractivity contribution in [2.75, 3.05) is 33.8 Å². The van der Waals surface area contributed by atoms with Gasteiger partial charge in [0, 0.05) is 14.1 Å². The summed E-state index contributed by atoms with van der Waals surface area (Å²) in [6.07, 6.45) is 1.58. The van der Waals surface area contributed by atoms with Crippen LogP contribution in [-0.4, -0.2) is 61.2 Å². The minimum atomic E-state index is -0.399. The summed E-state index contributed by atoms with van der Waals surface area (Å²) in [4.78, 5) is 23.8. The molecule has 1 heterocycles. The number of fused-ring (bicyclic) bond motifs is 1. The molecule has 6 nitrogen and oxygen atoms in total. The summed E-state index contributed by atoms with van der Waals surface area (Å²) in [6.45, 7) is 6.27. The molecule has 0 bridgehead atoms. The van der Waals surface area contributed by atoms with Gasteiger partial charge in [0.2, 0.25) is 0 Å². The topological polar surface area (TPSA) is 57.5 Å². The van der Waals surface area contributed by atoms with Gasteiger partial charge in [-0.3, -0.25) is 9.79 Å². The van der Waals surface area contributed by atoms with Crippen LogP contribution in [0.3, 0.4) is 0 Å². The van der Waals surface area contributed by atoms with Gasteiger partial charge in [-0.15, -0.1) is 0 Å². The van der Waals surface area contributed by atoms with E-state index in [4.69, 9.17) is 4.74 Å². The predicted octanol–water partition coefficient (Wildman–Crippen LogP) is 1.92.